The summed E-state index contributed by atoms with van der Waals surface area (Å²) >= 11 is 0. The van der Waals surface area contributed by atoms with Gasteiger partial charge in [0, 0.05) is 22.7 Å². The molecule has 0 radical (unpaired) electrons. The molecule has 1 aromatic carbocycles. The maximum Gasteiger partial charge on any atom is 0.163 e. The Hall–Kier alpha value is -2.75. The first-order valence-corrected chi connectivity index (χ1v) is 7.72. The smallest absolute Gasteiger partial charge is 0.163 e. The highest BCUT2D eigenvalue weighted by Crippen LogP contribution is 2.29. The molecule has 0 aliphatic rings. The van der Waals surface area contributed by atoms with E-state index in [2.05, 4.69) is 16.7 Å². The number of hydrogen-bond acceptors (Lipinski definition) is 3. The number of pyridine rings is 1. The normalized spacial score (nSPS) is 11.2. The molecule has 0 fully saturated rings. The summed E-state index contributed by atoms with van der Waals surface area (Å²) in [5.41, 5.74) is 3.46. The molecule has 0 amide bonds. The molecule has 0 saturated heterocycles. The molecule has 4 heteroatoms. The van der Waals surface area contributed by atoms with Crippen LogP contribution in [-0.2, 0) is 0 Å². The van der Waals surface area contributed by atoms with Crippen molar-refractivity contribution in [3.05, 3.63) is 60.6 Å². The number of carbonyl (C=O) groups excluding carboxylic acids is 1. The number of carbonyl (C=O) groups is 1. The minimum atomic E-state index is 0.0370. The maximum atomic E-state index is 11.6. The molecule has 0 saturated carbocycles. The van der Waals surface area contributed by atoms with Crippen molar-refractivity contribution in [3.63, 3.8) is 0 Å². The lowest BCUT2D eigenvalue weighted by Gasteiger charge is -2.10. The zero-order chi connectivity index (χ0) is 17.0. The summed E-state index contributed by atoms with van der Waals surface area (Å²) in [7, 11) is 0. The predicted molar refractivity (Wildman–Crippen MR) is 95.7 cm³/mol. The van der Waals surface area contributed by atoms with E-state index in [0.29, 0.717) is 5.56 Å². The van der Waals surface area contributed by atoms with Crippen molar-refractivity contribution in [1.29, 1.82) is 0 Å². The van der Waals surface area contributed by atoms with Crippen molar-refractivity contribution in [2.24, 2.45) is 0 Å². The zero-order valence-corrected chi connectivity index (χ0v) is 14.0. The zero-order valence-electron chi connectivity index (χ0n) is 14.0. The van der Waals surface area contributed by atoms with E-state index in [1.165, 1.54) is 6.33 Å². The number of allylic oxidation sites excluding steroid dienone is 3. The number of ketones is 1. The van der Waals surface area contributed by atoms with E-state index in [0.717, 1.165) is 27.6 Å². The summed E-state index contributed by atoms with van der Waals surface area (Å²) < 4.78 is 1.73. The first kappa shape index (κ1) is 16.6. The second-order valence-electron chi connectivity index (χ2n) is 4.84. The lowest BCUT2D eigenvalue weighted by atomic mass is 9.98. The fourth-order valence-electron chi connectivity index (χ4n) is 2.53. The average Bonchev–Trinajstić information content (AvgIpc) is 3.06. The van der Waals surface area contributed by atoms with Gasteiger partial charge in [-0.15, -0.1) is 0 Å². The van der Waals surface area contributed by atoms with Crippen LogP contribution in [-0.4, -0.2) is 20.4 Å². The average molecular weight is 307 g/mol. The Balaban J connectivity index is 0.000000924. The third kappa shape index (κ3) is 2.93. The largest absolute Gasteiger partial charge is 0.295 e. The first-order valence-electron chi connectivity index (χ1n) is 7.72. The number of fused-ring (bicyclic) bond motifs is 3. The molecular weight excluding hydrogens is 286 g/mol. The van der Waals surface area contributed by atoms with E-state index in [1.807, 2.05) is 57.3 Å². The van der Waals surface area contributed by atoms with Gasteiger partial charge in [-0.2, -0.15) is 5.10 Å². The van der Waals surface area contributed by atoms with Gasteiger partial charge in [0.05, 0.1) is 0 Å². The van der Waals surface area contributed by atoms with Gasteiger partial charge < -0.3 is 0 Å². The molecule has 4 nitrogen and oxygen atoms in total. The van der Waals surface area contributed by atoms with Crippen LogP contribution in [0.1, 0.15) is 43.6 Å². The molecule has 0 bridgehead atoms. The van der Waals surface area contributed by atoms with Crippen LogP contribution in [0, 0.1) is 0 Å². The molecule has 3 aromatic rings. The highest BCUT2D eigenvalue weighted by atomic mass is 16.1. The van der Waals surface area contributed by atoms with Crippen molar-refractivity contribution < 1.29 is 4.79 Å². The van der Waals surface area contributed by atoms with Crippen molar-refractivity contribution in [2.75, 3.05) is 0 Å². The number of aromatic nitrogens is 3. The standard InChI is InChI=1S/C17H15N3O.C2H6/c1-4-12(5-2)16-9-20-17(18-10-19-20)15-8-13(11(3)21)6-7-14(15)16;1-2/h4-10H,1H2,2-3H3;1-2H3/b12-5+;. The Morgan fingerprint density at radius 2 is 2.00 bits per heavy atom. The Kier molecular flexibility index (Phi) is 5.06. The lowest BCUT2D eigenvalue weighted by molar-refractivity contribution is 0.101. The molecule has 118 valence electrons. The molecule has 2 aromatic heterocycles. The molecule has 0 spiro atoms. The van der Waals surface area contributed by atoms with Crippen LogP contribution in [0.5, 0.6) is 0 Å². The second-order valence-corrected chi connectivity index (χ2v) is 4.84. The summed E-state index contributed by atoms with van der Waals surface area (Å²) in [5.74, 6) is 0.0370. The molecule has 3 rings (SSSR count). The van der Waals surface area contributed by atoms with Crippen molar-refractivity contribution >= 4 is 27.8 Å². The molecule has 0 aliphatic carbocycles. The predicted octanol–water partition coefficient (Wildman–Crippen LogP) is 4.70. The van der Waals surface area contributed by atoms with Crippen LogP contribution >= 0.6 is 0 Å². The molecular formula is C19H21N3O. The van der Waals surface area contributed by atoms with E-state index in [1.54, 1.807) is 11.4 Å². The fourth-order valence-corrected chi connectivity index (χ4v) is 2.53. The number of Topliss-reactive ketones (excluding diaryl/α,β-unsaturated/α-hetero) is 1. The number of nitrogens with zero attached hydrogens (tertiary/aromatic N) is 3. The van der Waals surface area contributed by atoms with Gasteiger partial charge in [0.2, 0.25) is 0 Å². The first-order chi connectivity index (χ1) is 11.2. The lowest BCUT2D eigenvalue weighted by Crippen LogP contribution is -1.97. The van der Waals surface area contributed by atoms with Crippen LogP contribution in [0.2, 0.25) is 0 Å². The molecule has 0 unspecified atom stereocenters. The fraction of sp³-hybridized carbons (Fsp3) is 0.211. The summed E-state index contributed by atoms with van der Waals surface area (Å²) in [5, 5.41) is 6.17. The van der Waals surface area contributed by atoms with Crippen molar-refractivity contribution in [2.45, 2.75) is 27.7 Å². The van der Waals surface area contributed by atoms with Gasteiger partial charge in [-0.05, 0) is 30.9 Å². The Labute approximate surface area is 136 Å². The van der Waals surface area contributed by atoms with Gasteiger partial charge in [-0.25, -0.2) is 9.50 Å². The van der Waals surface area contributed by atoms with Crippen molar-refractivity contribution in [3.8, 4) is 0 Å². The van der Waals surface area contributed by atoms with Crippen LogP contribution in [0.4, 0.5) is 0 Å². The summed E-state index contributed by atoms with van der Waals surface area (Å²) in [4.78, 5) is 15.9. The molecule has 0 atom stereocenters. The minimum absolute atomic E-state index is 0.0370. The minimum Gasteiger partial charge on any atom is -0.295 e. The Morgan fingerprint density at radius 3 is 2.61 bits per heavy atom. The van der Waals surface area contributed by atoms with Gasteiger partial charge in [-0.3, -0.25) is 4.79 Å². The number of rotatable bonds is 3. The van der Waals surface area contributed by atoms with Gasteiger partial charge in [-0.1, -0.05) is 44.7 Å². The highest BCUT2D eigenvalue weighted by Gasteiger charge is 2.12. The molecule has 0 aliphatic heterocycles. The topological polar surface area (TPSA) is 47.3 Å². The second kappa shape index (κ2) is 7.01. The summed E-state index contributed by atoms with van der Waals surface area (Å²) in [6.07, 6.45) is 7.27. The third-order valence-corrected chi connectivity index (χ3v) is 3.62. The SMILES string of the molecule is C=C/C(=C\C)c1cn2ncnc2c2cc(C(C)=O)ccc12.CC. The van der Waals surface area contributed by atoms with Crippen LogP contribution in [0.3, 0.4) is 0 Å². The third-order valence-electron chi connectivity index (χ3n) is 3.62. The van der Waals surface area contributed by atoms with Gasteiger partial charge in [0.25, 0.3) is 0 Å². The molecule has 2 heterocycles. The molecule has 23 heavy (non-hydrogen) atoms. The van der Waals surface area contributed by atoms with E-state index in [9.17, 15) is 4.79 Å². The van der Waals surface area contributed by atoms with Gasteiger partial charge >= 0.3 is 0 Å². The van der Waals surface area contributed by atoms with E-state index in [-0.39, 0.29) is 5.78 Å². The van der Waals surface area contributed by atoms with Crippen molar-refractivity contribution in [1.82, 2.24) is 14.6 Å². The molecule has 0 N–H and O–H groups in total. The van der Waals surface area contributed by atoms with E-state index < -0.39 is 0 Å². The summed E-state index contributed by atoms with van der Waals surface area (Å²) in [6.45, 7) is 11.4. The van der Waals surface area contributed by atoms with Crippen LogP contribution in [0.25, 0.3) is 22.0 Å². The highest BCUT2D eigenvalue weighted by molar-refractivity contribution is 6.06. The number of hydrogen-bond donors (Lipinski definition) is 0. The van der Waals surface area contributed by atoms with Crippen LogP contribution < -0.4 is 0 Å². The Morgan fingerprint density at radius 1 is 1.26 bits per heavy atom. The quantitative estimate of drug-likeness (QED) is 0.520. The monoisotopic (exact) mass is 307 g/mol. The maximum absolute atomic E-state index is 11.6. The van der Waals surface area contributed by atoms with Crippen LogP contribution in [0.15, 0.2) is 49.5 Å². The number of benzene rings is 1. The Bertz CT molecular complexity index is 904. The van der Waals surface area contributed by atoms with Gasteiger partial charge in [0.1, 0.15) is 6.33 Å². The van der Waals surface area contributed by atoms with E-state index in [4.69, 9.17) is 0 Å². The van der Waals surface area contributed by atoms with Gasteiger partial charge in [0.15, 0.2) is 11.4 Å². The van der Waals surface area contributed by atoms with E-state index >= 15 is 0 Å². The summed E-state index contributed by atoms with van der Waals surface area (Å²) in [6, 6.07) is 5.68.